The summed E-state index contributed by atoms with van der Waals surface area (Å²) < 4.78 is 6.64. The van der Waals surface area contributed by atoms with Crippen LogP contribution in [0.4, 0.5) is 5.82 Å². The standard InChI is InChI=1S/C22H29N5O4/c1-3-19(28)24-16-9-8-12-26(14-16)15-20(29)25-21-18(22(30)31-4-2)13-23-27(21)17-10-6-5-7-11-17/h5-7,10-11,13,16H,3-4,8-9,12,14-15H2,1-2H3,(H,24,28)(H,25,29). The van der Waals surface area contributed by atoms with Crippen molar-refractivity contribution in [2.24, 2.45) is 0 Å². The Morgan fingerprint density at radius 3 is 2.65 bits per heavy atom. The third-order valence-corrected chi connectivity index (χ3v) is 5.08. The van der Waals surface area contributed by atoms with Gasteiger partial charge in [-0.05, 0) is 38.4 Å². The summed E-state index contributed by atoms with van der Waals surface area (Å²) in [5.41, 5.74) is 0.916. The van der Waals surface area contributed by atoms with Crippen LogP contribution in [0.15, 0.2) is 36.5 Å². The second-order valence-electron chi connectivity index (χ2n) is 7.42. The summed E-state index contributed by atoms with van der Waals surface area (Å²) in [6.45, 7) is 5.31. The molecule has 1 unspecified atom stereocenters. The van der Waals surface area contributed by atoms with E-state index >= 15 is 0 Å². The molecule has 2 amide bonds. The van der Waals surface area contributed by atoms with Crippen molar-refractivity contribution >= 4 is 23.6 Å². The summed E-state index contributed by atoms with van der Waals surface area (Å²) in [5, 5.41) is 10.1. The van der Waals surface area contributed by atoms with E-state index in [1.54, 1.807) is 6.92 Å². The van der Waals surface area contributed by atoms with Gasteiger partial charge in [0.2, 0.25) is 11.8 Å². The number of nitrogens with zero attached hydrogens (tertiary/aromatic N) is 3. The van der Waals surface area contributed by atoms with Crippen LogP contribution in [-0.4, -0.2) is 64.7 Å². The van der Waals surface area contributed by atoms with Crippen molar-refractivity contribution in [2.45, 2.75) is 39.2 Å². The van der Waals surface area contributed by atoms with Gasteiger partial charge in [0.1, 0.15) is 5.56 Å². The van der Waals surface area contributed by atoms with Crippen LogP contribution in [0.5, 0.6) is 0 Å². The van der Waals surface area contributed by atoms with E-state index in [4.69, 9.17) is 4.74 Å². The zero-order valence-electron chi connectivity index (χ0n) is 18.0. The maximum absolute atomic E-state index is 12.8. The highest BCUT2D eigenvalue weighted by Gasteiger charge is 2.25. The molecule has 1 aliphatic rings. The monoisotopic (exact) mass is 427 g/mol. The summed E-state index contributed by atoms with van der Waals surface area (Å²) in [6, 6.07) is 9.29. The number of carbonyl (C=O) groups excluding carboxylic acids is 3. The molecule has 9 nitrogen and oxygen atoms in total. The summed E-state index contributed by atoms with van der Waals surface area (Å²) in [5.74, 6) is -0.504. The molecule has 0 saturated carbocycles. The quantitative estimate of drug-likeness (QED) is 0.624. The minimum absolute atomic E-state index is 0.0159. The van der Waals surface area contributed by atoms with Crippen molar-refractivity contribution in [3.8, 4) is 5.69 Å². The largest absolute Gasteiger partial charge is 0.462 e. The Morgan fingerprint density at radius 1 is 1.16 bits per heavy atom. The summed E-state index contributed by atoms with van der Waals surface area (Å²) in [7, 11) is 0. The van der Waals surface area contributed by atoms with E-state index in [2.05, 4.69) is 15.7 Å². The Balaban J connectivity index is 1.73. The lowest BCUT2D eigenvalue weighted by Crippen LogP contribution is -2.49. The number of rotatable bonds is 8. The minimum Gasteiger partial charge on any atom is -0.462 e. The van der Waals surface area contributed by atoms with Crippen LogP contribution in [-0.2, 0) is 14.3 Å². The van der Waals surface area contributed by atoms with Gasteiger partial charge in [-0.1, -0.05) is 25.1 Å². The Morgan fingerprint density at radius 2 is 1.94 bits per heavy atom. The van der Waals surface area contributed by atoms with Crippen molar-refractivity contribution in [1.29, 1.82) is 0 Å². The highest BCUT2D eigenvalue weighted by atomic mass is 16.5. The molecule has 9 heteroatoms. The molecule has 1 aromatic carbocycles. The summed E-state index contributed by atoms with van der Waals surface area (Å²) in [4.78, 5) is 38.9. The first-order valence-electron chi connectivity index (χ1n) is 10.6. The molecule has 0 aliphatic carbocycles. The number of para-hydroxylation sites is 1. The van der Waals surface area contributed by atoms with Crippen LogP contribution < -0.4 is 10.6 Å². The van der Waals surface area contributed by atoms with Crippen LogP contribution in [0.25, 0.3) is 5.69 Å². The van der Waals surface area contributed by atoms with Gasteiger partial charge >= 0.3 is 5.97 Å². The van der Waals surface area contributed by atoms with E-state index in [0.717, 1.165) is 19.4 Å². The minimum atomic E-state index is -0.541. The molecular formula is C22H29N5O4. The maximum atomic E-state index is 12.8. The van der Waals surface area contributed by atoms with Crippen molar-refractivity contribution in [2.75, 3.05) is 31.6 Å². The third kappa shape index (κ3) is 5.91. The van der Waals surface area contributed by atoms with Gasteiger partial charge in [0, 0.05) is 19.0 Å². The average Bonchev–Trinajstić information content (AvgIpc) is 3.18. The first-order valence-corrected chi connectivity index (χ1v) is 10.6. The highest BCUT2D eigenvalue weighted by molar-refractivity contribution is 6.01. The number of nitrogens with one attached hydrogen (secondary N) is 2. The predicted octanol–water partition coefficient (Wildman–Crippen LogP) is 1.98. The SMILES string of the molecule is CCOC(=O)c1cnn(-c2ccccc2)c1NC(=O)CN1CCCC(NC(=O)CC)C1. The van der Waals surface area contributed by atoms with Crippen molar-refractivity contribution in [3.63, 3.8) is 0 Å². The van der Waals surface area contributed by atoms with E-state index < -0.39 is 5.97 Å². The molecule has 0 spiro atoms. The third-order valence-electron chi connectivity index (χ3n) is 5.08. The number of amides is 2. The number of esters is 1. The maximum Gasteiger partial charge on any atom is 0.343 e. The number of hydrogen-bond acceptors (Lipinski definition) is 6. The van der Waals surface area contributed by atoms with E-state index in [1.165, 1.54) is 10.9 Å². The van der Waals surface area contributed by atoms with Crippen LogP contribution in [0, 0.1) is 0 Å². The molecule has 1 aromatic heterocycles. The van der Waals surface area contributed by atoms with Gasteiger partial charge in [-0.3, -0.25) is 14.5 Å². The number of ether oxygens (including phenoxy) is 1. The van der Waals surface area contributed by atoms with Gasteiger partial charge in [-0.2, -0.15) is 5.10 Å². The number of benzene rings is 1. The van der Waals surface area contributed by atoms with E-state index in [1.807, 2.05) is 42.2 Å². The predicted molar refractivity (Wildman–Crippen MR) is 116 cm³/mol. The molecule has 31 heavy (non-hydrogen) atoms. The topological polar surface area (TPSA) is 106 Å². The smallest absolute Gasteiger partial charge is 0.343 e. The highest BCUT2D eigenvalue weighted by Crippen LogP contribution is 2.21. The zero-order valence-corrected chi connectivity index (χ0v) is 18.0. The first kappa shape index (κ1) is 22.5. The van der Waals surface area contributed by atoms with Crippen molar-refractivity contribution in [3.05, 3.63) is 42.1 Å². The average molecular weight is 428 g/mol. The fourth-order valence-corrected chi connectivity index (χ4v) is 3.61. The van der Waals surface area contributed by atoms with Crippen molar-refractivity contribution < 1.29 is 19.1 Å². The van der Waals surface area contributed by atoms with Gasteiger partial charge in [0.25, 0.3) is 0 Å². The van der Waals surface area contributed by atoms with Crippen molar-refractivity contribution in [1.82, 2.24) is 20.0 Å². The molecule has 1 fully saturated rings. The number of piperidine rings is 1. The molecule has 0 radical (unpaired) electrons. The molecule has 1 saturated heterocycles. The van der Waals surface area contributed by atoms with Gasteiger partial charge in [0.15, 0.2) is 5.82 Å². The molecule has 166 valence electrons. The Hall–Kier alpha value is -3.20. The lowest BCUT2D eigenvalue weighted by molar-refractivity contribution is -0.121. The second-order valence-corrected chi connectivity index (χ2v) is 7.42. The number of carbonyl (C=O) groups is 3. The summed E-state index contributed by atoms with van der Waals surface area (Å²) in [6.07, 6.45) is 3.64. The van der Waals surface area contributed by atoms with Crippen LogP contribution in [0.2, 0.25) is 0 Å². The van der Waals surface area contributed by atoms with Gasteiger partial charge in [-0.15, -0.1) is 0 Å². The van der Waals surface area contributed by atoms with Gasteiger partial charge < -0.3 is 15.4 Å². The van der Waals surface area contributed by atoms with Gasteiger partial charge in [0.05, 0.1) is 25.0 Å². The van der Waals surface area contributed by atoms with E-state index in [9.17, 15) is 14.4 Å². The number of aromatic nitrogens is 2. The van der Waals surface area contributed by atoms with Crippen LogP contribution in [0.3, 0.4) is 0 Å². The van der Waals surface area contributed by atoms with E-state index in [0.29, 0.717) is 18.7 Å². The number of likely N-dealkylation sites (tertiary alicyclic amines) is 1. The summed E-state index contributed by atoms with van der Waals surface area (Å²) >= 11 is 0. The van der Waals surface area contributed by atoms with Gasteiger partial charge in [-0.25, -0.2) is 9.48 Å². The lowest BCUT2D eigenvalue weighted by Gasteiger charge is -2.32. The van der Waals surface area contributed by atoms with Crippen LogP contribution >= 0.6 is 0 Å². The second kappa shape index (κ2) is 10.7. The Kier molecular flexibility index (Phi) is 7.77. The molecule has 3 rings (SSSR count). The molecule has 2 aromatic rings. The molecule has 2 heterocycles. The van der Waals surface area contributed by atoms with Crippen LogP contribution in [0.1, 0.15) is 43.5 Å². The molecule has 1 atom stereocenters. The first-order chi connectivity index (χ1) is 15.0. The van der Waals surface area contributed by atoms with E-state index in [-0.39, 0.29) is 42.4 Å². The Labute approximate surface area is 181 Å². The molecule has 2 N–H and O–H groups in total. The normalized spacial score (nSPS) is 16.5. The fourth-order valence-electron chi connectivity index (χ4n) is 3.61. The number of anilines is 1. The lowest BCUT2D eigenvalue weighted by atomic mass is 10.1. The number of hydrogen-bond donors (Lipinski definition) is 2. The molecule has 1 aliphatic heterocycles. The fraction of sp³-hybridized carbons (Fsp3) is 0.455. The molecular weight excluding hydrogens is 398 g/mol. The Bertz CT molecular complexity index is 912. The zero-order chi connectivity index (χ0) is 22.2. The molecule has 0 bridgehead atoms.